The predicted octanol–water partition coefficient (Wildman–Crippen LogP) is -0.198. The fourth-order valence-corrected chi connectivity index (χ4v) is 2.65. The Bertz CT molecular complexity index is 698. The zero-order valence-electron chi connectivity index (χ0n) is 13.0. The first-order valence-corrected chi connectivity index (χ1v) is 7.32. The minimum atomic E-state index is -0.266. The molecule has 0 aromatic carbocycles. The predicted molar refractivity (Wildman–Crippen MR) is 79.8 cm³/mol. The fraction of sp³-hybridized carbons (Fsp3) is 0.571. The van der Waals surface area contributed by atoms with Gasteiger partial charge in [-0.15, -0.1) is 10.2 Å². The van der Waals surface area contributed by atoms with E-state index in [9.17, 15) is 4.79 Å². The topological polar surface area (TPSA) is 84.7 Å². The monoisotopic (exact) mass is 304 g/mol. The number of rotatable bonds is 3. The Hall–Kier alpha value is -2.06. The third-order valence-electron chi connectivity index (χ3n) is 3.73. The lowest BCUT2D eigenvalue weighted by atomic mass is 10.3. The van der Waals surface area contributed by atoms with Gasteiger partial charge in [0.1, 0.15) is 0 Å². The summed E-state index contributed by atoms with van der Waals surface area (Å²) in [6.45, 7) is 6.66. The van der Waals surface area contributed by atoms with E-state index in [0.29, 0.717) is 18.9 Å². The second-order valence-corrected chi connectivity index (χ2v) is 5.66. The summed E-state index contributed by atoms with van der Waals surface area (Å²) in [6.07, 6.45) is 0.00310. The van der Waals surface area contributed by atoms with Crippen molar-refractivity contribution in [1.82, 2.24) is 29.8 Å². The summed E-state index contributed by atoms with van der Waals surface area (Å²) >= 11 is 0. The number of aryl methyl sites for hydroxylation is 2. The highest BCUT2D eigenvalue weighted by Crippen LogP contribution is 2.08. The number of fused-ring (bicyclic) bond motifs is 1. The molecule has 1 fully saturated rings. The molecule has 0 radical (unpaired) electrons. The van der Waals surface area contributed by atoms with Crippen LogP contribution in [0.4, 0.5) is 0 Å². The molecule has 22 heavy (non-hydrogen) atoms. The summed E-state index contributed by atoms with van der Waals surface area (Å²) in [6, 6.07) is 1.90. The van der Waals surface area contributed by atoms with Gasteiger partial charge in [0.2, 0.25) is 5.82 Å². The summed E-state index contributed by atoms with van der Waals surface area (Å²) in [5.74, 6) is 0.429. The number of amides is 1. The number of carbonyl (C=O) groups excluding carboxylic acids is 1. The molecule has 0 unspecified atom stereocenters. The molecule has 1 aliphatic heterocycles. The van der Waals surface area contributed by atoms with Crippen molar-refractivity contribution in [1.29, 1.82) is 0 Å². The first kappa shape index (κ1) is 14.9. The maximum absolute atomic E-state index is 12.3. The van der Waals surface area contributed by atoms with Gasteiger partial charge >= 0.3 is 0 Å². The molecule has 1 aliphatic rings. The zero-order chi connectivity index (χ0) is 15.7. The van der Waals surface area contributed by atoms with Crippen LogP contribution in [0.15, 0.2) is 6.07 Å². The molecule has 0 aliphatic carbocycles. The maximum Gasteiger partial charge on any atom is 0.289 e. The Morgan fingerprint density at radius 3 is 3.05 bits per heavy atom. The Kier molecular flexibility index (Phi) is 4.04. The second kappa shape index (κ2) is 5.98. The molecule has 2 aromatic rings. The first-order chi connectivity index (χ1) is 10.5. The Labute approximate surface area is 128 Å². The minimum Gasteiger partial charge on any atom is -0.374 e. The van der Waals surface area contributed by atoms with Gasteiger partial charge in [-0.1, -0.05) is 0 Å². The average molecular weight is 304 g/mol. The van der Waals surface area contributed by atoms with E-state index in [4.69, 9.17) is 4.74 Å². The molecule has 0 spiro atoms. The molecular weight excluding hydrogens is 284 g/mol. The second-order valence-electron chi connectivity index (χ2n) is 5.66. The molecule has 118 valence electrons. The van der Waals surface area contributed by atoms with Gasteiger partial charge in [0.15, 0.2) is 0 Å². The number of ether oxygens (including phenoxy) is 1. The Balaban J connectivity index is 1.72. The lowest BCUT2D eigenvalue weighted by Gasteiger charge is -2.29. The van der Waals surface area contributed by atoms with E-state index in [1.54, 1.807) is 4.40 Å². The molecule has 8 heteroatoms. The van der Waals surface area contributed by atoms with E-state index >= 15 is 0 Å². The van der Waals surface area contributed by atoms with E-state index in [1.165, 1.54) is 0 Å². The van der Waals surface area contributed by atoms with E-state index in [2.05, 4.69) is 25.4 Å². The van der Waals surface area contributed by atoms with E-state index < -0.39 is 0 Å². The molecule has 0 saturated carbocycles. The van der Waals surface area contributed by atoms with Gasteiger partial charge in [0.25, 0.3) is 11.7 Å². The van der Waals surface area contributed by atoms with Crippen LogP contribution in [0.25, 0.3) is 5.78 Å². The Morgan fingerprint density at radius 1 is 1.45 bits per heavy atom. The molecule has 3 heterocycles. The van der Waals surface area contributed by atoms with Crippen LogP contribution in [0.2, 0.25) is 0 Å². The van der Waals surface area contributed by atoms with Crippen molar-refractivity contribution in [3.05, 3.63) is 23.3 Å². The van der Waals surface area contributed by atoms with Crippen molar-refractivity contribution >= 4 is 11.7 Å². The largest absolute Gasteiger partial charge is 0.374 e. The van der Waals surface area contributed by atoms with E-state index in [-0.39, 0.29) is 17.8 Å². The SMILES string of the molecule is Cc1cc(C)n2c(C(=O)NC[C@H]3CN(C)CCO3)nnc2n1. The minimum absolute atomic E-state index is 0.00310. The van der Waals surface area contributed by atoms with Crippen molar-refractivity contribution in [3.63, 3.8) is 0 Å². The molecular formula is C14H20N6O2. The average Bonchev–Trinajstić information content (AvgIpc) is 2.89. The van der Waals surface area contributed by atoms with Crippen LogP contribution in [0.5, 0.6) is 0 Å². The number of likely N-dealkylation sites (N-methyl/N-ethyl adjacent to an activating group) is 1. The molecule has 1 amide bonds. The molecule has 1 N–H and O–H groups in total. The lowest BCUT2D eigenvalue weighted by Crippen LogP contribution is -2.46. The van der Waals surface area contributed by atoms with Gasteiger partial charge in [-0.25, -0.2) is 4.98 Å². The molecule has 1 saturated heterocycles. The summed E-state index contributed by atoms with van der Waals surface area (Å²) in [5, 5.41) is 10.8. The lowest BCUT2D eigenvalue weighted by molar-refractivity contribution is -0.0175. The number of morpholine rings is 1. The molecule has 2 aromatic heterocycles. The number of aromatic nitrogens is 4. The molecule has 0 bridgehead atoms. The van der Waals surface area contributed by atoms with Crippen LogP contribution in [0.1, 0.15) is 22.0 Å². The number of nitrogens with one attached hydrogen (secondary N) is 1. The van der Waals surface area contributed by atoms with Crippen molar-refractivity contribution in [2.75, 3.05) is 33.3 Å². The highest BCUT2D eigenvalue weighted by molar-refractivity contribution is 5.91. The maximum atomic E-state index is 12.3. The molecule has 3 rings (SSSR count). The fourth-order valence-electron chi connectivity index (χ4n) is 2.65. The third-order valence-corrected chi connectivity index (χ3v) is 3.73. The van der Waals surface area contributed by atoms with Gasteiger partial charge in [0.05, 0.1) is 12.7 Å². The normalized spacial score (nSPS) is 19.5. The zero-order valence-corrected chi connectivity index (χ0v) is 13.0. The standard InChI is InChI=1S/C14H20N6O2/c1-9-6-10(2)20-12(17-18-14(20)16-9)13(21)15-7-11-8-19(3)4-5-22-11/h6,11H,4-5,7-8H2,1-3H3,(H,15,21)/t11-/m0/s1. The first-order valence-electron chi connectivity index (χ1n) is 7.32. The van der Waals surface area contributed by atoms with Crippen LogP contribution >= 0.6 is 0 Å². The summed E-state index contributed by atoms with van der Waals surface area (Å²) < 4.78 is 7.29. The highest BCUT2D eigenvalue weighted by atomic mass is 16.5. The van der Waals surface area contributed by atoms with Crippen LogP contribution in [-0.2, 0) is 4.74 Å². The highest BCUT2D eigenvalue weighted by Gasteiger charge is 2.21. The number of hydrogen-bond acceptors (Lipinski definition) is 6. The number of nitrogens with zero attached hydrogens (tertiary/aromatic N) is 5. The van der Waals surface area contributed by atoms with Gasteiger partial charge in [-0.05, 0) is 27.0 Å². The van der Waals surface area contributed by atoms with Gasteiger partial charge in [0, 0.05) is 31.0 Å². The summed E-state index contributed by atoms with van der Waals surface area (Å²) in [5.41, 5.74) is 1.73. The number of carbonyl (C=O) groups is 1. The number of hydrogen-bond donors (Lipinski definition) is 1. The van der Waals surface area contributed by atoms with Crippen molar-refractivity contribution < 1.29 is 9.53 Å². The van der Waals surface area contributed by atoms with Crippen LogP contribution in [-0.4, -0.2) is 69.8 Å². The Morgan fingerprint density at radius 2 is 2.27 bits per heavy atom. The van der Waals surface area contributed by atoms with Gasteiger partial charge in [-0.3, -0.25) is 9.20 Å². The quantitative estimate of drug-likeness (QED) is 0.845. The molecule has 1 atom stereocenters. The third kappa shape index (κ3) is 2.93. The van der Waals surface area contributed by atoms with Crippen LogP contribution in [0.3, 0.4) is 0 Å². The van der Waals surface area contributed by atoms with E-state index in [0.717, 1.165) is 24.5 Å². The summed E-state index contributed by atoms with van der Waals surface area (Å²) in [4.78, 5) is 18.8. The van der Waals surface area contributed by atoms with Crippen molar-refractivity contribution in [2.24, 2.45) is 0 Å². The van der Waals surface area contributed by atoms with Crippen molar-refractivity contribution in [2.45, 2.75) is 20.0 Å². The molecule has 8 nitrogen and oxygen atoms in total. The van der Waals surface area contributed by atoms with Gasteiger partial charge in [-0.2, -0.15) is 0 Å². The smallest absolute Gasteiger partial charge is 0.289 e. The van der Waals surface area contributed by atoms with Gasteiger partial charge < -0.3 is 15.0 Å². The van der Waals surface area contributed by atoms with Crippen LogP contribution < -0.4 is 5.32 Å². The van der Waals surface area contributed by atoms with E-state index in [1.807, 2.05) is 27.0 Å². The summed E-state index contributed by atoms with van der Waals surface area (Å²) in [7, 11) is 2.04. The van der Waals surface area contributed by atoms with Crippen molar-refractivity contribution in [3.8, 4) is 0 Å². The van der Waals surface area contributed by atoms with Crippen LogP contribution in [0, 0.1) is 13.8 Å².